The van der Waals surface area contributed by atoms with E-state index in [1.54, 1.807) is 0 Å². The molecule has 0 unspecified atom stereocenters. The van der Waals surface area contributed by atoms with E-state index in [1.807, 2.05) is 0 Å². The molecular weight excluding hydrogens is 353 g/mol. The topological polar surface area (TPSA) is 54.4 Å². The maximum Gasteiger partial charge on any atom is 1.00 e. The van der Waals surface area contributed by atoms with E-state index in [1.165, 1.54) is 30.7 Å². The molecule has 0 aromatic carbocycles. The standard InChI is InChI=1S/C8H20N.CHF3O3S.BF4.Li.H/c1-5-9(6-2,7-3)8-4;2-1(3,4)8(5,6)7;2-1(3,4)5;;/h5-8H2,1-4H3;(H,5,6,7);;;/q+1;;-1;+1;-1. The molecule has 0 saturated carbocycles. The molecule has 23 heavy (non-hydrogen) atoms. The third-order valence-corrected chi connectivity index (χ3v) is 3.56. The molecule has 0 heterocycles. The zero-order valence-electron chi connectivity index (χ0n) is 14.7. The second-order valence-corrected chi connectivity index (χ2v) is 5.44. The summed E-state index contributed by atoms with van der Waals surface area (Å²) in [6.45, 7) is 14.2. The molecule has 0 spiro atoms. The van der Waals surface area contributed by atoms with Gasteiger partial charge >= 0.3 is 41.7 Å². The van der Waals surface area contributed by atoms with E-state index in [0.717, 1.165) is 0 Å². The van der Waals surface area contributed by atoms with Crippen molar-refractivity contribution >= 4 is 17.4 Å². The number of nitrogens with zero attached hydrogens (tertiary/aromatic N) is 1. The molecule has 0 fully saturated rings. The number of hydrogen-bond acceptors (Lipinski definition) is 2. The minimum absolute atomic E-state index is 0. The van der Waals surface area contributed by atoms with Crippen molar-refractivity contribution in [3.8, 4) is 0 Å². The first-order valence-electron chi connectivity index (χ1n) is 6.25. The Kier molecular flexibility index (Phi) is 16.7. The number of halogens is 7. The van der Waals surface area contributed by atoms with Crippen LogP contribution in [0.3, 0.4) is 0 Å². The van der Waals surface area contributed by atoms with Crippen LogP contribution in [0.1, 0.15) is 29.1 Å². The summed E-state index contributed by atoms with van der Waals surface area (Å²) in [7, 11) is -11.8. The maximum absolute atomic E-state index is 10.7. The first-order valence-corrected chi connectivity index (χ1v) is 7.69. The third-order valence-electron chi connectivity index (χ3n) is 2.98. The van der Waals surface area contributed by atoms with Crippen LogP contribution in [-0.4, -0.2) is 56.4 Å². The summed E-state index contributed by atoms with van der Waals surface area (Å²) in [5.74, 6) is 0. The van der Waals surface area contributed by atoms with Gasteiger partial charge in [0.15, 0.2) is 0 Å². The minimum atomic E-state index is -6.00. The van der Waals surface area contributed by atoms with Crippen molar-refractivity contribution in [2.75, 3.05) is 26.2 Å². The maximum atomic E-state index is 10.7. The quantitative estimate of drug-likeness (QED) is 0.259. The van der Waals surface area contributed by atoms with Gasteiger partial charge in [-0.2, -0.15) is 21.6 Å². The fourth-order valence-electron chi connectivity index (χ4n) is 1.34. The number of quaternary nitrogens is 1. The molecular formula is C9H22BF7LiNO3S. The molecule has 0 atom stereocenters. The van der Waals surface area contributed by atoms with Gasteiger partial charge in [0.1, 0.15) is 0 Å². The van der Waals surface area contributed by atoms with Crippen LogP contribution in [-0.2, 0) is 10.1 Å². The number of alkyl halides is 3. The van der Waals surface area contributed by atoms with Gasteiger partial charge in [0.05, 0.1) is 26.2 Å². The Hall–Kier alpha value is 0.0423. The molecule has 0 radical (unpaired) electrons. The van der Waals surface area contributed by atoms with Gasteiger partial charge in [-0.05, 0) is 27.7 Å². The van der Waals surface area contributed by atoms with Crippen LogP contribution < -0.4 is 18.9 Å². The molecule has 4 nitrogen and oxygen atoms in total. The molecule has 0 amide bonds. The summed E-state index contributed by atoms with van der Waals surface area (Å²) in [6, 6.07) is 0. The van der Waals surface area contributed by atoms with Crippen molar-refractivity contribution in [1.29, 1.82) is 0 Å². The van der Waals surface area contributed by atoms with Crippen LogP contribution >= 0.6 is 0 Å². The monoisotopic (exact) mass is 375 g/mol. The summed E-state index contributed by atoms with van der Waals surface area (Å²) >= 11 is 0. The Labute approximate surface area is 145 Å². The summed E-state index contributed by atoms with van der Waals surface area (Å²) < 4.78 is 97.8. The molecule has 0 aromatic heterocycles. The van der Waals surface area contributed by atoms with Crippen molar-refractivity contribution in [3.63, 3.8) is 0 Å². The van der Waals surface area contributed by atoms with E-state index in [0.29, 0.717) is 0 Å². The van der Waals surface area contributed by atoms with Crippen molar-refractivity contribution in [2.24, 2.45) is 0 Å². The molecule has 0 aliphatic carbocycles. The van der Waals surface area contributed by atoms with Gasteiger partial charge in [-0.1, -0.05) is 0 Å². The van der Waals surface area contributed by atoms with Crippen LogP contribution in [0.15, 0.2) is 0 Å². The molecule has 0 rings (SSSR count). The summed E-state index contributed by atoms with van der Waals surface area (Å²) in [5.41, 5.74) is -5.53. The van der Waals surface area contributed by atoms with Gasteiger partial charge in [0, 0.05) is 0 Å². The smallest absolute Gasteiger partial charge is 1.00 e. The molecule has 1 N–H and O–H groups in total. The number of rotatable bonds is 4. The van der Waals surface area contributed by atoms with Crippen molar-refractivity contribution in [3.05, 3.63) is 0 Å². The van der Waals surface area contributed by atoms with E-state index in [2.05, 4.69) is 27.7 Å². The van der Waals surface area contributed by atoms with Crippen molar-refractivity contribution < 1.29 is 68.2 Å². The summed E-state index contributed by atoms with van der Waals surface area (Å²) in [4.78, 5) is 0. The molecule has 0 aliphatic heterocycles. The number of hydrogen-bond donors (Lipinski definition) is 1. The Balaban J connectivity index is -0.0000000748. The zero-order chi connectivity index (χ0) is 18.8. The Bertz CT molecular complexity index is 368. The molecule has 140 valence electrons. The normalized spacial score (nSPS) is 12.2. The van der Waals surface area contributed by atoms with Gasteiger partial charge < -0.3 is 23.2 Å². The Morgan fingerprint density at radius 3 is 1.04 bits per heavy atom. The summed E-state index contributed by atoms with van der Waals surface area (Å²) in [6.07, 6.45) is 0. The molecule has 0 bridgehead atoms. The third kappa shape index (κ3) is 20.0. The van der Waals surface area contributed by atoms with Crippen LogP contribution in [0, 0.1) is 0 Å². The first-order chi connectivity index (χ1) is 9.49. The average molecular weight is 375 g/mol. The zero-order valence-corrected chi connectivity index (χ0v) is 14.5. The first kappa shape index (κ1) is 30.9. The Morgan fingerprint density at radius 2 is 1.04 bits per heavy atom. The largest absolute Gasteiger partial charge is 1.00 e. The molecule has 0 aromatic rings. The van der Waals surface area contributed by atoms with Crippen LogP contribution in [0.2, 0.25) is 0 Å². The van der Waals surface area contributed by atoms with E-state index < -0.39 is 22.9 Å². The van der Waals surface area contributed by atoms with Gasteiger partial charge in [0.25, 0.3) is 0 Å². The van der Waals surface area contributed by atoms with Gasteiger partial charge in [-0.3, -0.25) is 4.55 Å². The van der Waals surface area contributed by atoms with E-state index in [9.17, 15) is 30.4 Å². The molecule has 0 aliphatic rings. The van der Waals surface area contributed by atoms with Gasteiger partial charge in [-0.25, -0.2) is 0 Å². The fraction of sp³-hybridized carbons (Fsp3) is 1.00. The van der Waals surface area contributed by atoms with Crippen LogP contribution in [0.5, 0.6) is 0 Å². The summed E-state index contributed by atoms with van der Waals surface area (Å²) in [5, 5.41) is 0. The van der Waals surface area contributed by atoms with Crippen LogP contribution in [0.4, 0.5) is 30.4 Å². The molecule has 0 saturated heterocycles. The van der Waals surface area contributed by atoms with Crippen LogP contribution in [0.25, 0.3) is 0 Å². The van der Waals surface area contributed by atoms with E-state index in [-0.39, 0.29) is 20.3 Å². The average Bonchev–Trinajstić information content (AvgIpc) is 2.29. The Morgan fingerprint density at radius 1 is 0.913 bits per heavy atom. The van der Waals surface area contributed by atoms with E-state index in [4.69, 9.17) is 13.0 Å². The molecule has 14 heteroatoms. The SMILES string of the molecule is CC[N+](CC)(CC)CC.F[B-](F)(F)F.O=S(=O)(O)C(F)(F)F.[H-].[Li+]. The second kappa shape index (κ2) is 12.4. The minimum Gasteiger partial charge on any atom is -1.00 e. The van der Waals surface area contributed by atoms with Crippen molar-refractivity contribution in [2.45, 2.75) is 33.2 Å². The van der Waals surface area contributed by atoms with Gasteiger partial charge in [-0.15, -0.1) is 0 Å². The van der Waals surface area contributed by atoms with Gasteiger partial charge in [0.2, 0.25) is 0 Å². The fourth-order valence-corrected chi connectivity index (χ4v) is 1.34. The van der Waals surface area contributed by atoms with Crippen molar-refractivity contribution in [1.82, 2.24) is 0 Å². The van der Waals surface area contributed by atoms with E-state index >= 15 is 0 Å². The predicted octanol–water partition coefficient (Wildman–Crippen LogP) is 0.693. The second-order valence-electron chi connectivity index (χ2n) is 4.02. The predicted molar refractivity (Wildman–Crippen MR) is 71.3 cm³/mol.